The Hall–Kier alpha value is -1.86. The van der Waals surface area contributed by atoms with E-state index in [1.165, 1.54) is 6.07 Å². The molecule has 1 atom stereocenters. The molecule has 22 heavy (non-hydrogen) atoms. The maximum atomic E-state index is 14.1. The highest BCUT2D eigenvalue weighted by Gasteiger charge is 2.32. The molecule has 2 aliphatic heterocycles. The zero-order chi connectivity index (χ0) is 15.1. The predicted octanol–water partition coefficient (Wildman–Crippen LogP) is 2.18. The van der Waals surface area contributed by atoms with Crippen LogP contribution < -0.4 is 4.57 Å². The quantitative estimate of drug-likeness (QED) is 0.729. The minimum absolute atomic E-state index is 0.00171. The van der Waals surface area contributed by atoms with Gasteiger partial charge in [0.25, 0.3) is 0 Å². The lowest BCUT2D eigenvalue weighted by Gasteiger charge is -2.17. The van der Waals surface area contributed by atoms with Gasteiger partial charge >= 0.3 is 0 Å². The van der Waals surface area contributed by atoms with Crippen molar-refractivity contribution in [2.75, 3.05) is 6.61 Å². The number of fused-ring (bicyclic) bond motifs is 4. The summed E-state index contributed by atoms with van der Waals surface area (Å²) in [5.74, 6) is 1.39. The molecule has 5 nitrogen and oxygen atoms in total. The van der Waals surface area contributed by atoms with Crippen molar-refractivity contribution in [3.8, 4) is 0 Å². The number of hydrogen-bond donors (Lipinski definition) is 1. The molecule has 1 N–H and O–H groups in total. The Morgan fingerprint density at radius 3 is 3.23 bits per heavy atom. The van der Waals surface area contributed by atoms with Crippen molar-refractivity contribution in [3.63, 3.8) is 0 Å². The van der Waals surface area contributed by atoms with Crippen molar-refractivity contribution < 1.29 is 13.7 Å². The molecule has 1 unspecified atom stereocenters. The van der Waals surface area contributed by atoms with Crippen LogP contribution in [0.1, 0.15) is 17.0 Å². The topological polar surface area (TPSA) is 54.2 Å². The van der Waals surface area contributed by atoms with E-state index in [0.717, 1.165) is 21.7 Å². The summed E-state index contributed by atoms with van der Waals surface area (Å²) in [5.41, 5.74) is 1.44. The highest BCUT2D eigenvalue weighted by molar-refractivity contribution is 9.15. The van der Waals surface area contributed by atoms with Gasteiger partial charge in [0.15, 0.2) is 0 Å². The van der Waals surface area contributed by atoms with Gasteiger partial charge in [-0.05, 0) is 38.7 Å². The predicted molar refractivity (Wildman–Crippen MR) is 81.8 cm³/mol. The number of aliphatic imine (C=N–C) groups is 1. The summed E-state index contributed by atoms with van der Waals surface area (Å²) in [4.78, 5) is 4.65. The van der Waals surface area contributed by atoms with Crippen molar-refractivity contribution >= 4 is 26.2 Å². The third-order valence-electron chi connectivity index (χ3n) is 3.91. The number of aromatic nitrogens is 3. The second-order valence-corrected chi connectivity index (χ2v) is 6.12. The van der Waals surface area contributed by atoms with E-state index in [2.05, 4.69) is 31.1 Å². The molecule has 112 valence electrons. The van der Waals surface area contributed by atoms with Gasteiger partial charge in [-0.15, -0.1) is 0 Å². The number of hydrogen-bond acceptors (Lipinski definition) is 3. The highest BCUT2D eigenvalue weighted by atomic mass is 79.9. The fourth-order valence-electron chi connectivity index (χ4n) is 2.80. The second-order valence-electron chi connectivity index (χ2n) is 5.26. The molecular weight excluding hydrogens is 351 g/mol. The third kappa shape index (κ3) is 2.21. The fourth-order valence-corrected chi connectivity index (χ4v) is 3.40. The van der Waals surface area contributed by atoms with Crippen LogP contribution in [0.15, 0.2) is 35.6 Å². The zero-order valence-electron chi connectivity index (χ0n) is 11.6. The van der Waals surface area contributed by atoms with Crippen LogP contribution in [0.4, 0.5) is 4.39 Å². The first-order valence-electron chi connectivity index (χ1n) is 6.95. The van der Waals surface area contributed by atoms with Crippen molar-refractivity contribution in [1.29, 1.82) is 0 Å². The number of rotatable bonds is 0. The summed E-state index contributed by atoms with van der Waals surface area (Å²) in [5, 5.41) is 6.98. The third-order valence-corrected chi connectivity index (χ3v) is 4.55. The molecule has 0 bridgehead atoms. The van der Waals surface area contributed by atoms with Crippen LogP contribution in [0.25, 0.3) is 4.48 Å². The van der Waals surface area contributed by atoms with Crippen LogP contribution in [-0.2, 0) is 17.9 Å². The van der Waals surface area contributed by atoms with Crippen LogP contribution in [0.3, 0.4) is 0 Å². The summed E-state index contributed by atoms with van der Waals surface area (Å²) in [6.07, 6.45) is 3.72. The Morgan fingerprint density at radius 2 is 2.32 bits per heavy atom. The lowest BCUT2D eigenvalue weighted by Crippen LogP contribution is -2.51. The maximum Gasteiger partial charge on any atom is 0.246 e. The SMILES string of the molecule is Fc1cccc2c1CN=C1C(C=C(Br)c3[nH]nc[n+]31)COC2. The minimum Gasteiger partial charge on any atom is -0.376 e. The lowest BCUT2D eigenvalue weighted by atomic mass is 10.1. The van der Waals surface area contributed by atoms with Crippen molar-refractivity contribution in [2.45, 2.75) is 13.2 Å². The van der Waals surface area contributed by atoms with Gasteiger partial charge in [-0.3, -0.25) is 0 Å². The monoisotopic (exact) mass is 363 g/mol. The lowest BCUT2D eigenvalue weighted by molar-refractivity contribution is -0.563. The van der Waals surface area contributed by atoms with Gasteiger partial charge in [-0.2, -0.15) is 14.7 Å². The Balaban J connectivity index is 1.81. The number of halogens is 2. The average Bonchev–Trinajstić information content (AvgIpc) is 3.00. The Bertz CT molecular complexity index is 799. The van der Waals surface area contributed by atoms with Crippen LogP contribution in [-0.4, -0.2) is 22.6 Å². The molecule has 1 aromatic heterocycles. The summed E-state index contributed by atoms with van der Waals surface area (Å²) < 4.78 is 22.7. The largest absolute Gasteiger partial charge is 0.376 e. The van der Waals surface area contributed by atoms with E-state index in [1.54, 1.807) is 12.4 Å². The van der Waals surface area contributed by atoms with E-state index >= 15 is 0 Å². The molecule has 7 heteroatoms. The van der Waals surface area contributed by atoms with Crippen molar-refractivity contribution in [2.24, 2.45) is 10.9 Å². The molecule has 0 saturated carbocycles. The Kier molecular flexibility index (Phi) is 3.38. The number of nitrogens with zero attached hydrogens (tertiary/aromatic N) is 3. The van der Waals surface area contributed by atoms with Crippen molar-refractivity contribution in [3.05, 3.63) is 53.4 Å². The van der Waals surface area contributed by atoms with Gasteiger partial charge in [0.05, 0.1) is 23.6 Å². The van der Waals surface area contributed by atoms with Gasteiger partial charge in [0, 0.05) is 5.56 Å². The second kappa shape index (κ2) is 5.40. The molecule has 4 rings (SSSR count). The molecule has 0 saturated heterocycles. The van der Waals surface area contributed by atoms with E-state index in [-0.39, 0.29) is 11.7 Å². The zero-order valence-corrected chi connectivity index (χ0v) is 13.2. The molecule has 2 aliphatic rings. The average molecular weight is 364 g/mol. The first-order valence-corrected chi connectivity index (χ1v) is 7.75. The smallest absolute Gasteiger partial charge is 0.246 e. The van der Waals surface area contributed by atoms with E-state index in [0.29, 0.717) is 25.3 Å². The first-order chi connectivity index (χ1) is 10.7. The van der Waals surface area contributed by atoms with Gasteiger partial charge in [-0.1, -0.05) is 12.1 Å². The van der Waals surface area contributed by atoms with Gasteiger partial charge in [0.1, 0.15) is 12.4 Å². The summed E-state index contributed by atoms with van der Waals surface area (Å²) in [7, 11) is 0. The molecule has 0 spiro atoms. The molecule has 1 aromatic carbocycles. The van der Waals surface area contributed by atoms with Crippen LogP contribution in [0.2, 0.25) is 0 Å². The van der Waals surface area contributed by atoms with E-state index in [4.69, 9.17) is 4.74 Å². The normalized spacial score (nSPS) is 20.5. The first kappa shape index (κ1) is 13.8. The molecule has 0 radical (unpaired) electrons. The van der Waals surface area contributed by atoms with E-state index < -0.39 is 0 Å². The number of nitrogens with one attached hydrogen (secondary N) is 1. The molecule has 0 aliphatic carbocycles. The van der Waals surface area contributed by atoms with Gasteiger partial charge in [0.2, 0.25) is 18.0 Å². The number of H-pyrrole nitrogens is 1. The Morgan fingerprint density at radius 1 is 1.41 bits per heavy atom. The number of ether oxygens (including phenoxy) is 1. The molecular formula is C15H13BrFN4O+. The number of aromatic amines is 1. The van der Waals surface area contributed by atoms with E-state index in [9.17, 15) is 4.39 Å². The summed E-state index contributed by atoms with van der Waals surface area (Å²) in [6, 6.07) is 5.05. The number of benzene rings is 1. The molecule has 0 fully saturated rings. The molecule has 2 aromatic rings. The van der Waals surface area contributed by atoms with Crippen LogP contribution in [0.5, 0.6) is 0 Å². The summed E-state index contributed by atoms with van der Waals surface area (Å²) in [6.45, 7) is 1.17. The highest BCUT2D eigenvalue weighted by Crippen LogP contribution is 2.25. The summed E-state index contributed by atoms with van der Waals surface area (Å²) >= 11 is 3.53. The van der Waals surface area contributed by atoms with Crippen LogP contribution >= 0.6 is 15.9 Å². The van der Waals surface area contributed by atoms with Crippen molar-refractivity contribution in [1.82, 2.24) is 10.2 Å². The maximum absolute atomic E-state index is 14.1. The molecule has 0 amide bonds. The van der Waals surface area contributed by atoms with Crippen LogP contribution in [0, 0.1) is 11.7 Å². The molecule has 3 heterocycles. The Labute approximate surface area is 134 Å². The van der Waals surface area contributed by atoms with Gasteiger partial charge in [-0.25, -0.2) is 4.39 Å². The van der Waals surface area contributed by atoms with E-state index in [1.807, 2.05) is 16.7 Å². The van der Waals surface area contributed by atoms with Gasteiger partial charge < -0.3 is 4.74 Å². The fraction of sp³-hybridized carbons (Fsp3) is 0.267. The minimum atomic E-state index is -0.242. The standard InChI is InChI=1S/C15H12BrFN4O/c16-12-4-10-7-22-6-9-2-1-3-13(17)11(9)5-18-14(10)21-8-19-20-15(12)21/h1-4,8,10H,5-7H2/p+1.